The summed E-state index contributed by atoms with van der Waals surface area (Å²) in [6.45, 7) is 6.33. The second-order valence-electron chi connectivity index (χ2n) is 3.56. The molecule has 0 aromatic carbocycles. The van der Waals surface area contributed by atoms with Gasteiger partial charge in [-0.25, -0.2) is 9.98 Å². The maximum atomic E-state index is 4.35. The molecule has 1 heterocycles. The number of aliphatic imine (C=N–C) groups is 1. The van der Waals surface area contributed by atoms with Crippen LogP contribution in [0, 0.1) is 0 Å². The van der Waals surface area contributed by atoms with Crippen LogP contribution in [0.15, 0.2) is 23.3 Å². The van der Waals surface area contributed by atoms with Gasteiger partial charge in [-0.2, -0.15) is 0 Å². The van der Waals surface area contributed by atoms with Gasteiger partial charge >= 0.3 is 0 Å². The van der Waals surface area contributed by atoms with Gasteiger partial charge in [0.05, 0.1) is 4.22 Å². The third kappa shape index (κ3) is 3.41. The topological polar surface area (TPSA) is 25.2 Å². The summed E-state index contributed by atoms with van der Waals surface area (Å²) in [5.41, 5.74) is 2.33. The van der Waals surface area contributed by atoms with Crippen LogP contribution in [0.5, 0.6) is 0 Å². The van der Waals surface area contributed by atoms with Gasteiger partial charge in [-0.05, 0) is 47.1 Å². The Hall–Kier alpha value is -0.710. The molecule has 1 aromatic heterocycles. The molecule has 2 nitrogen and oxygen atoms in total. The Labute approximate surface area is 105 Å². The summed E-state index contributed by atoms with van der Waals surface area (Å²) in [5.74, 6) is 1.28. The molecule has 0 aliphatic heterocycles. The molecule has 0 unspecified atom stereocenters. The van der Waals surface area contributed by atoms with Crippen LogP contribution in [0.1, 0.15) is 37.8 Å². The fraction of sp³-hybridized carbons (Fsp3) is 0.333. The highest BCUT2D eigenvalue weighted by Crippen LogP contribution is 2.23. The predicted molar refractivity (Wildman–Crippen MR) is 75.2 cm³/mol. The molecular formula is C12H15IN2. The van der Waals surface area contributed by atoms with Gasteiger partial charge in [0.15, 0.2) is 5.82 Å². The monoisotopic (exact) mass is 314 g/mol. The first kappa shape index (κ1) is 12.4. The molecule has 15 heavy (non-hydrogen) atoms. The van der Waals surface area contributed by atoms with Crippen LogP contribution in [-0.2, 0) is 0 Å². The summed E-state index contributed by atoms with van der Waals surface area (Å²) < 4.78 is 1.74. The van der Waals surface area contributed by atoms with Gasteiger partial charge in [0.2, 0.25) is 0 Å². The number of hydrogen-bond acceptors (Lipinski definition) is 2. The summed E-state index contributed by atoms with van der Waals surface area (Å²) >= 11 is 2.10. The lowest BCUT2D eigenvalue weighted by molar-refractivity contribution is 0.857. The lowest BCUT2D eigenvalue weighted by Gasteiger charge is -2.07. The molecular weight excluding hydrogens is 299 g/mol. The van der Waals surface area contributed by atoms with Crippen molar-refractivity contribution in [1.29, 1.82) is 0 Å². The summed E-state index contributed by atoms with van der Waals surface area (Å²) in [6, 6.07) is 2.15. The van der Waals surface area contributed by atoms with Gasteiger partial charge in [0.25, 0.3) is 0 Å². The fourth-order valence-corrected chi connectivity index (χ4v) is 1.53. The molecule has 0 bridgehead atoms. The number of allylic oxidation sites excluding steroid dienone is 1. The van der Waals surface area contributed by atoms with E-state index in [0.717, 1.165) is 11.4 Å². The van der Waals surface area contributed by atoms with Crippen molar-refractivity contribution in [3.63, 3.8) is 0 Å². The van der Waals surface area contributed by atoms with Crippen molar-refractivity contribution in [1.82, 2.24) is 4.98 Å². The van der Waals surface area contributed by atoms with Crippen LogP contribution in [0.2, 0.25) is 0 Å². The van der Waals surface area contributed by atoms with Crippen molar-refractivity contribution in [2.75, 3.05) is 0 Å². The van der Waals surface area contributed by atoms with E-state index in [1.54, 1.807) is 4.22 Å². The first-order valence-electron chi connectivity index (χ1n) is 4.94. The Kier molecular flexibility index (Phi) is 4.94. The van der Waals surface area contributed by atoms with Crippen LogP contribution in [-0.4, -0.2) is 9.21 Å². The second kappa shape index (κ2) is 6.00. The van der Waals surface area contributed by atoms with E-state index in [4.69, 9.17) is 0 Å². The Morgan fingerprint density at radius 1 is 1.47 bits per heavy atom. The number of hydrogen-bond donors (Lipinski definition) is 0. The van der Waals surface area contributed by atoms with Crippen molar-refractivity contribution < 1.29 is 0 Å². The van der Waals surface area contributed by atoms with E-state index in [0.29, 0.717) is 5.92 Å². The number of halogens is 1. The Morgan fingerprint density at radius 3 is 2.73 bits per heavy atom. The molecule has 3 heteroatoms. The third-order valence-corrected chi connectivity index (χ3v) is 2.38. The highest BCUT2D eigenvalue weighted by Gasteiger charge is 2.04. The van der Waals surface area contributed by atoms with E-state index >= 15 is 0 Å². The Bertz CT molecular complexity index is 381. The van der Waals surface area contributed by atoms with Crippen molar-refractivity contribution in [3.05, 3.63) is 29.5 Å². The Balaban J connectivity index is 3.20. The molecule has 0 N–H and O–H groups in total. The number of aromatic nitrogens is 1. The van der Waals surface area contributed by atoms with Gasteiger partial charge in [0.1, 0.15) is 0 Å². The van der Waals surface area contributed by atoms with Crippen LogP contribution >= 0.6 is 22.6 Å². The van der Waals surface area contributed by atoms with Crippen molar-refractivity contribution in [2.24, 2.45) is 4.99 Å². The average Bonchev–Trinajstić information content (AvgIpc) is 2.21. The second-order valence-corrected chi connectivity index (χ2v) is 4.12. The largest absolute Gasteiger partial charge is 0.236 e. The van der Waals surface area contributed by atoms with Gasteiger partial charge in [-0.15, -0.1) is 0 Å². The Morgan fingerprint density at radius 2 is 2.20 bits per heavy atom. The van der Waals surface area contributed by atoms with Crippen molar-refractivity contribution >= 4 is 38.7 Å². The van der Waals surface area contributed by atoms with E-state index in [-0.39, 0.29) is 0 Å². The normalized spacial score (nSPS) is 12.1. The molecule has 0 aliphatic rings. The van der Waals surface area contributed by atoms with E-state index in [2.05, 4.69) is 52.5 Å². The zero-order valence-corrected chi connectivity index (χ0v) is 11.4. The molecule has 0 saturated carbocycles. The fourth-order valence-electron chi connectivity index (χ4n) is 1.26. The summed E-state index contributed by atoms with van der Waals surface area (Å²) in [6.07, 6.45) is 5.95. The quantitative estimate of drug-likeness (QED) is 0.602. The highest BCUT2D eigenvalue weighted by molar-refractivity contribution is 14.1. The molecule has 0 aliphatic carbocycles. The first-order valence-corrected chi connectivity index (χ1v) is 6.19. The minimum absolute atomic E-state index is 0.499. The highest BCUT2D eigenvalue weighted by atomic mass is 127. The lowest BCUT2D eigenvalue weighted by Crippen LogP contribution is -1.91. The molecule has 1 aromatic rings. The van der Waals surface area contributed by atoms with Crippen molar-refractivity contribution in [3.8, 4) is 0 Å². The van der Waals surface area contributed by atoms with Gasteiger partial charge in [0, 0.05) is 11.8 Å². The zero-order valence-electron chi connectivity index (χ0n) is 9.24. The molecule has 1 rings (SSSR count). The minimum atomic E-state index is 0.499. The van der Waals surface area contributed by atoms with E-state index in [1.807, 2.05) is 25.3 Å². The third-order valence-electron chi connectivity index (χ3n) is 2.10. The first-order chi connectivity index (χ1) is 7.19. The van der Waals surface area contributed by atoms with E-state index < -0.39 is 0 Å². The molecule has 0 atom stereocenters. The summed E-state index contributed by atoms with van der Waals surface area (Å²) in [7, 11) is 0. The van der Waals surface area contributed by atoms with Crippen LogP contribution in [0.25, 0.3) is 6.08 Å². The molecule has 80 valence electrons. The van der Waals surface area contributed by atoms with Gasteiger partial charge in [-0.1, -0.05) is 26.0 Å². The molecule has 0 spiro atoms. The standard InChI is InChI=1S/C12H15IN2/c1-4-5-10-6-11(9(2)3)7-14-12(10)15-8-13/h4-9H,1-3H3/b5-4-,15-8+. The van der Waals surface area contributed by atoms with E-state index in [9.17, 15) is 0 Å². The summed E-state index contributed by atoms with van der Waals surface area (Å²) in [5, 5.41) is 0. The molecule has 0 radical (unpaired) electrons. The smallest absolute Gasteiger partial charge is 0.159 e. The van der Waals surface area contributed by atoms with Crippen LogP contribution in [0.3, 0.4) is 0 Å². The maximum Gasteiger partial charge on any atom is 0.159 e. The van der Waals surface area contributed by atoms with Gasteiger partial charge < -0.3 is 0 Å². The van der Waals surface area contributed by atoms with E-state index in [1.165, 1.54) is 5.56 Å². The molecule has 0 amide bonds. The number of rotatable bonds is 3. The average molecular weight is 314 g/mol. The van der Waals surface area contributed by atoms with Crippen LogP contribution < -0.4 is 0 Å². The summed E-state index contributed by atoms with van der Waals surface area (Å²) in [4.78, 5) is 8.58. The predicted octanol–water partition coefficient (Wildman–Crippen LogP) is 4.33. The lowest BCUT2D eigenvalue weighted by atomic mass is 10.0. The SMILES string of the molecule is C/C=C\c1cc(C(C)C)cnc1/N=C/I. The minimum Gasteiger partial charge on any atom is -0.236 e. The van der Waals surface area contributed by atoms with Crippen molar-refractivity contribution in [2.45, 2.75) is 26.7 Å². The molecule has 0 saturated heterocycles. The van der Waals surface area contributed by atoms with Crippen LogP contribution in [0.4, 0.5) is 5.82 Å². The number of nitrogens with zero attached hydrogens (tertiary/aromatic N) is 2. The molecule has 0 fully saturated rings. The van der Waals surface area contributed by atoms with Gasteiger partial charge in [-0.3, -0.25) is 0 Å². The zero-order chi connectivity index (χ0) is 11.3. The maximum absolute atomic E-state index is 4.35. The number of pyridine rings is 1.